The number of rotatable bonds is 8. The van der Waals surface area contributed by atoms with Gasteiger partial charge in [-0.05, 0) is 0 Å². The van der Waals surface area contributed by atoms with Crippen molar-refractivity contribution < 1.29 is 27.7 Å². The van der Waals surface area contributed by atoms with Gasteiger partial charge in [0.2, 0.25) is 0 Å². The van der Waals surface area contributed by atoms with E-state index in [9.17, 15) is 0 Å². The van der Waals surface area contributed by atoms with Crippen LogP contribution in [-0.2, 0) is 27.7 Å². The van der Waals surface area contributed by atoms with E-state index in [0.29, 0.717) is 0 Å². The van der Waals surface area contributed by atoms with Crippen LogP contribution in [0.15, 0.2) is 0 Å². The Morgan fingerprint density at radius 2 is 1.06 bits per heavy atom. The zero-order chi connectivity index (χ0) is 14.6. The van der Waals surface area contributed by atoms with Gasteiger partial charge in [-0.3, -0.25) is 0 Å². The van der Waals surface area contributed by atoms with Gasteiger partial charge in [0.15, 0.2) is 0 Å². The van der Waals surface area contributed by atoms with Crippen molar-refractivity contribution in [3.8, 4) is 0 Å². The molecule has 0 aliphatic carbocycles. The fourth-order valence-electron chi connectivity index (χ4n) is 1.71. The molecule has 0 heterocycles. The van der Waals surface area contributed by atoms with Crippen molar-refractivity contribution in [1.29, 1.82) is 0 Å². The second kappa shape index (κ2) is 7.40. The normalized spacial score (nSPS) is 14.0. The third-order valence-electron chi connectivity index (χ3n) is 2.89. The van der Waals surface area contributed by atoms with Crippen LogP contribution in [0.4, 0.5) is 0 Å². The van der Waals surface area contributed by atoms with Crippen LogP contribution in [0.1, 0.15) is 68.7 Å². The van der Waals surface area contributed by atoms with E-state index in [4.69, 9.17) is 9.96 Å². The predicted octanol–water partition coefficient (Wildman–Crippen LogP) is 4.77. The Kier molecular flexibility index (Phi) is 7.64. The molecule has 0 atom stereocenters. The van der Waals surface area contributed by atoms with Gasteiger partial charge in [-0.2, -0.15) is 0 Å². The average molecular weight is 296 g/mol. The standard InChI is InChI=1S/C5H11.3C3H7O.Ti/c1-4-5(2)3;3*1-3(2)4;/h4H2,1-3H3;3*3H,1-2H3;/q;3*-1;+3. The van der Waals surface area contributed by atoms with Gasteiger partial charge in [0.05, 0.1) is 0 Å². The summed E-state index contributed by atoms with van der Waals surface area (Å²) in [6.45, 7) is 18.9. The van der Waals surface area contributed by atoms with Gasteiger partial charge in [-0.25, -0.2) is 0 Å². The summed E-state index contributed by atoms with van der Waals surface area (Å²) in [5.74, 6) is 0. The Balaban J connectivity index is 5.38. The van der Waals surface area contributed by atoms with Crippen molar-refractivity contribution >= 4 is 0 Å². The quantitative estimate of drug-likeness (QED) is 0.604. The fraction of sp³-hybridized carbons (Fsp3) is 1.00. The van der Waals surface area contributed by atoms with E-state index in [1.54, 1.807) is 0 Å². The van der Waals surface area contributed by atoms with Gasteiger partial charge in [-0.1, -0.05) is 0 Å². The van der Waals surface area contributed by atoms with Crippen LogP contribution in [0.25, 0.3) is 0 Å². The Hall–Kier alpha value is 0.594. The molecule has 0 spiro atoms. The molecule has 0 unspecified atom stereocenters. The van der Waals surface area contributed by atoms with Gasteiger partial charge >= 0.3 is 118 Å². The molecular weight excluding hydrogens is 264 g/mol. The van der Waals surface area contributed by atoms with Crippen LogP contribution in [0, 0.1) is 0 Å². The first-order valence-corrected chi connectivity index (χ1v) is 9.79. The molecule has 4 heteroatoms. The molecule has 0 aromatic rings. The van der Waals surface area contributed by atoms with Crippen LogP contribution in [0.2, 0.25) is 3.72 Å². The minimum absolute atomic E-state index is 0.0290. The average Bonchev–Trinajstić information content (AvgIpc) is 2.13. The van der Waals surface area contributed by atoms with E-state index < -0.39 is 17.8 Å². The monoisotopic (exact) mass is 296 g/mol. The Morgan fingerprint density at radius 1 is 0.778 bits per heavy atom. The molecule has 0 aliphatic heterocycles. The van der Waals surface area contributed by atoms with Crippen molar-refractivity contribution in [3.05, 3.63) is 0 Å². The molecule has 3 nitrogen and oxygen atoms in total. The second-order valence-electron chi connectivity index (χ2n) is 6.29. The van der Waals surface area contributed by atoms with Crippen LogP contribution in [0.5, 0.6) is 0 Å². The van der Waals surface area contributed by atoms with Crippen molar-refractivity contribution in [1.82, 2.24) is 0 Å². The van der Waals surface area contributed by atoms with Gasteiger partial charge in [0.1, 0.15) is 0 Å². The molecule has 0 aromatic heterocycles. The van der Waals surface area contributed by atoms with Crippen molar-refractivity contribution in [2.24, 2.45) is 0 Å². The summed E-state index contributed by atoms with van der Waals surface area (Å²) in [5.41, 5.74) is 0. The Bertz CT molecular complexity index is 211. The third-order valence-corrected chi connectivity index (χ3v) is 9.69. The second-order valence-corrected chi connectivity index (χ2v) is 11.2. The molecule has 0 bridgehead atoms. The van der Waals surface area contributed by atoms with Gasteiger partial charge in [-0.15, -0.1) is 0 Å². The molecule has 110 valence electrons. The van der Waals surface area contributed by atoms with Crippen molar-refractivity contribution in [2.45, 2.75) is 90.8 Å². The van der Waals surface area contributed by atoms with E-state index in [-0.39, 0.29) is 22.0 Å². The summed E-state index contributed by atoms with van der Waals surface area (Å²) >= 11 is -3.32. The fourth-order valence-corrected chi connectivity index (χ4v) is 7.05. The number of hydrogen-bond acceptors (Lipinski definition) is 3. The Morgan fingerprint density at radius 3 is 1.22 bits per heavy atom. The first kappa shape index (κ1) is 18.6. The molecule has 0 aliphatic rings. The maximum atomic E-state index is 6.26. The van der Waals surface area contributed by atoms with Gasteiger partial charge in [0, 0.05) is 0 Å². The molecule has 0 radical (unpaired) electrons. The molecule has 0 saturated heterocycles. The third kappa shape index (κ3) is 5.30. The van der Waals surface area contributed by atoms with Crippen LogP contribution < -0.4 is 0 Å². The Labute approximate surface area is 118 Å². The van der Waals surface area contributed by atoms with Gasteiger partial charge < -0.3 is 0 Å². The van der Waals surface area contributed by atoms with Gasteiger partial charge in [0.25, 0.3) is 0 Å². The molecule has 0 fully saturated rings. The molecule has 0 saturated carbocycles. The van der Waals surface area contributed by atoms with E-state index >= 15 is 0 Å². The van der Waals surface area contributed by atoms with Crippen molar-refractivity contribution in [3.63, 3.8) is 0 Å². The summed E-state index contributed by atoms with van der Waals surface area (Å²) in [5, 5.41) is 0. The minimum atomic E-state index is -3.32. The maximum absolute atomic E-state index is 6.26. The first-order chi connectivity index (χ1) is 8.06. The molecule has 0 amide bonds. The summed E-state index contributed by atoms with van der Waals surface area (Å²) in [4.78, 5) is 0. The van der Waals surface area contributed by atoms with Crippen LogP contribution >= 0.6 is 0 Å². The summed E-state index contributed by atoms with van der Waals surface area (Å²) < 4.78 is 18.7. The first-order valence-electron chi connectivity index (χ1n) is 7.09. The SMILES string of the molecule is CC[C](C)(C)[Ti]([O]C(C)C)([O]C(C)C)[O]C(C)C. The summed E-state index contributed by atoms with van der Waals surface area (Å²) in [6, 6.07) is 0. The topological polar surface area (TPSA) is 27.7 Å². The van der Waals surface area contributed by atoms with Crippen molar-refractivity contribution in [2.75, 3.05) is 0 Å². The summed E-state index contributed by atoms with van der Waals surface area (Å²) in [7, 11) is 0. The number of hydrogen-bond donors (Lipinski definition) is 0. The molecule has 18 heavy (non-hydrogen) atoms. The predicted molar refractivity (Wildman–Crippen MR) is 73.0 cm³/mol. The molecule has 0 aromatic carbocycles. The van der Waals surface area contributed by atoms with E-state index in [1.165, 1.54) is 0 Å². The zero-order valence-electron chi connectivity index (χ0n) is 13.7. The molecular formula is C14H32O3Ti. The zero-order valence-corrected chi connectivity index (χ0v) is 15.2. The van der Waals surface area contributed by atoms with Crippen LogP contribution in [-0.4, -0.2) is 18.3 Å². The molecule has 0 rings (SSSR count). The van der Waals surface area contributed by atoms with Crippen LogP contribution in [0.3, 0.4) is 0 Å². The van der Waals surface area contributed by atoms with E-state index in [0.717, 1.165) is 6.42 Å². The van der Waals surface area contributed by atoms with E-state index in [2.05, 4.69) is 62.3 Å². The van der Waals surface area contributed by atoms with E-state index in [1.807, 2.05) is 0 Å². The molecule has 0 N–H and O–H groups in total. The summed E-state index contributed by atoms with van der Waals surface area (Å²) in [6.07, 6.45) is 1.40.